The third-order valence-corrected chi connectivity index (χ3v) is 4.98. The van der Waals surface area contributed by atoms with Gasteiger partial charge < -0.3 is 25.2 Å². The van der Waals surface area contributed by atoms with Crippen LogP contribution in [-0.2, 0) is 4.74 Å². The number of carbonyl (C=O) groups excluding carboxylic acids is 1. The number of nitrogens with zero attached hydrogens (tertiary/aromatic N) is 3. The van der Waals surface area contributed by atoms with Crippen molar-refractivity contribution in [2.45, 2.75) is 38.6 Å². The van der Waals surface area contributed by atoms with Crippen molar-refractivity contribution < 1.29 is 9.53 Å². The van der Waals surface area contributed by atoms with E-state index in [0.717, 1.165) is 44.4 Å². The minimum atomic E-state index is -0.194. The van der Waals surface area contributed by atoms with Crippen LogP contribution in [0.3, 0.4) is 0 Å². The van der Waals surface area contributed by atoms with Crippen LogP contribution in [0.4, 0.5) is 4.79 Å². The molecule has 2 N–H and O–H groups in total. The Hall–Kier alpha value is -0.770. The molecule has 1 amide bonds. The van der Waals surface area contributed by atoms with Gasteiger partial charge in [0.1, 0.15) is 0 Å². The monoisotopic (exact) mass is 467 g/mol. The van der Waals surface area contributed by atoms with E-state index < -0.39 is 0 Å². The zero-order chi connectivity index (χ0) is 17.4. The SMILES string of the molecule is CCOC(=O)N1CCC(NC(=NC)NCC2CCN(C)CC2)CC1.I. The van der Waals surface area contributed by atoms with E-state index in [2.05, 4.69) is 27.6 Å². The lowest BCUT2D eigenvalue weighted by Crippen LogP contribution is -2.50. The van der Waals surface area contributed by atoms with Crippen LogP contribution >= 0.6 is 24.0 Å². The number of halogens is 1. The van der Waals surface area contributed by atoms with Gasteiger partial charge in [-0.2, -0.15) is 0 Å². The Labute approximate surface area is 169 Å². The number of nitrogens with one attached hydrogen (secondary N) is 2. The van der Waals surface area contributed by atoms with E-state index in [1.54, 1.807) is 4.90 Å². The maximum absolute atomic E-state index is 11.7. The van der Waals surface area contributed by atoms with Crippen molar-refractivity contribution in [1.29, 1.82) is 0 Å². The van der Waals surface area contributed by atoms with Gasteiger partial charge >= 0.3 is 6.09 Å². The molecular weight excluding hydrogens is 433 g/mol. The number of rotatable bonds is 4. The maximum atomic E-state index is 11.7. The molecule has 2 heterocycles. The molecule has 0 aliphatic carbocycles. The molecule has 0 spiro atoms. The zero-order valence-electron chi connectivity index (χ0n) is 15.8. The average molecular weight is 467 g/mol. The Balaban J connectivity index is 0.00000312. The van der Waals surface area contributed by atoms with E-state index in [1.165, 1.54) is 25.9 Å². The van der Waals surface area contributed by atoms with Gasteiger partial charge in [-0.3, -0.25) is 4.99 Å². The van der Waals surface area contributed by atoms with Crippen LogP contribution in [0.2, 0.25) is 0 Å². The van der Waals surface area contributed by atoms with Gasteiger partial charge in [-0.15, -0.1) is 24.0 Å². The van der Waals surface area contributed by atoms with Crippen molar-refractivity contribution in [2.24, 2.45) is 10.9 Å². The van der Waals surface area contributed by atoms with E-state index >= 15 is 0 Å². The number of piperidine rings is 2. The molecule has 0 radical (unpaired) electrons. The Morgan fingerprint density at radius 1 is 1.16 bits per heavy atom. The molecule has 146 valence electrons. The maximum Gasteiger partial charge on any atom is 0.409 e. The third-order valence-electron chi connectivity index (χ3n) is 4.98. The summed E-state index contributed by atoms with van der Waals surface area (Å²) < 4.78 is 5.06. The molecule has 0 bridgehead atoms. The Bertz CT molecular complexity index is 419. The van der Waals surface area contributed by atoms with Crippen LogP contribution in [0.15, 0.2) is 4.99 Å². The number of carbonyl (C=O) groups is 1. The topological polar surface area (TPSA) is 69.2 Å². The molecule has 2 fully saturated rings. The second kappa shape index (κ2) is 11.8. The molecule has 0 aromatic carbocycles. The molecule has 0 atom stereocenters. The molecule has 0 unspecified atom stereocenters. The fourth-order valence-corrected chi connectivity index (χ4v) is 3.32. The van der Waals surface area contributed by atoms with Crippen molar-refractivity contribution in [1.82, 2.24) is 20.4 Å². The van der Waals surface area contributed by atoms with E-state index in [4.69, 9.17) is 4.74 Å². The van der Waals surface area contributed by atoms with Crippen LogP contribution < -0.4 is 10.6 Å². The minimum Gasteiger partial charge on any atom is -0.450 e. The summed E-state index contributed by atoms with van der Waals surface area (Å²) in [6.45, 7) is 7.10. The van der Waals surface area contributed by atoms with E-state index in [9.17, 15) is 4.79 Å². The lowest BCUT2D eigenvalue weighted by atomic mass is 9.97. The van der Waals surface area contributed by atoms with Gasteiger partial charge in [0, 0.05) is 32.7 Å². The highest BCUT2D eigenvalue weighted by Crippen LogP contribution is 2.15. The predicted molar refractivity (Wildman–Crippen MR) is 112 cm³/mol. The van der Waals surface area contributed by atoms with Crippen LogP contribution in [0, 0.1) is 5.92 Å². The summed E-state index contributed by atoms with van der Waals surface area (Å²) in [7, 11) is 4.00. The van der Waals surface area contributed by atoms with Crippen molar-refractivity contribution in [3.05, 3.63) is 0 Å². The van der Waals surface area contributed by atoms with Gasteiger partial charge in [-0.25, -0.2) is 4.79 Å². The second-order valence-electron chi connectivity index (χ2n) is 6.80. The minimum absolute atomic E-state index is 0. The van der Waals surface area contributed by atoms with Crippen LogP contribution in [-0.4, -0.2) is 81.3 Å². The molecule has 0 aromatic rings. The number of amides is 1. The normalized spacial score (nSPS) is 20.8. The molecule has 2 aliphatic rings. The van der Waals surface area contributed by atoms with E-state index in [0.29, 0.717) is 12.6 Å². The van der Waals surface area contributed by atoms with Gasteiger partial charge in [0.2, 0.25) is 0 Å². The molecule has 7 nitrogen and oxygen atoms in total. The molecule has 2 aliphatic heterocycles. The molecule has 2 rings (SSSR count). The van der Waals surface area contributed by atoms with Crippen molar-refractivity contribution in [3.8, 4) is 0 Å². The largest absolute Gasteiger partial charge is 0.450 e. The Morgan fingerprint density at radius 2 is 1.80 bits per heavy atom. The number of aliphatic imine (C=N–C) groups is 1. The van der Waals surface area contributed by atoms with Crippen molar-refractivity contribution in [3.63, 3.8) is 0 Å². The number of likely N-dealkylation sites (tertiary alicyclic amines) is 2. The number of ether oxygens (including phenoxy) is 1. The quantitative estimate of drug-likeness (QED) is 0.375. The summed E-state index contributed by atoms with van der Waals surface area (Å²) >= 11 is 0. The predicted octanol–water partition coefficient (Wildman–Crippen LogP) is 1.73. The standard InChI is InChI=1S/C17H33N5O2.HI/c1-4-24-17(23)22-11-7-15(8-12-22)20-16(18-2)19-13-14-5-9-21(3)10-6-14;/h14-15H,4-13H2,1-3H3,(H2,18,19,20);1H. The summed E-state index contributed by atoms with van der Waals surface area (Å²) in [6, 6.07) is 0.361. The highest BCUT2D eigenvalue weighted by atomic mass is 127. The lowest BCUT2D eigenvalue weighted by Gasteiger charge is -2.33. The Kier molecular flexibility index (Phi) is 10.5. The summed E-state index contributed by atoms with van der Waals surface area (Å²) in [5, 5.41) is 6.97. The van der Waals surface area contributed by atoms with Crippen LogP contribution in [0.1, 0.15) is 32.6 Å². The van der Waals surface area contributed by atoms with Gasteiger partial charge in [0.25, 0.3) is 0 Å². The number of hydrogen-bond donors (Lipinski definition) is 2. The highest BCUT2D eigenvalue weighted by Gasteiger charge is 2.24. The molecule has 2 saturated heterocycles. The van der Waals surface area contributed by atoms with Gasteiger partial charge in [0.05, 0.1) is 6.61 Å². The summed E-state index contributed by atoms with van der Waals surface area (Å²) in [5.41, 5.74) is 0. The second-order valence-corrected chi connectivity index (χ2v) is 6.80. The summed E-state index contributed by atoms with van der Waals surface area (Å²) in [4.78, 5) is 20.2. The van der Waals surface area contributed by atoms with E-state index in [-0.39, 0.29) is 30.1 Å². The number of hydrogen-bond acceptors (Lipinski definition) is 4. The average Bonchev–Trinajstić information content (AvgIpc) is 2.60. The highest BCUT2D eigenvalue weighted by molar-refractivity contribution is 14.0. The summed E-state index contributed by atoms with van der Waals surface area (Å²) in [5.74, 6) is 1.61. The molecule has 0 aromatic heterocycles. The van der Waals surface area contributed by atoms with Gasteiger partial charge in [0.15, 0.2) is 5.96 Å². The number of guanidine groups is 1. The van der Waals surface area contributed by atoms with Crippen molar-refractivity contribution in [2.75, 3.05) is 53.4 Å². The molecule has 25 heavy (non-hydrogen) atoms. The zero-order valence-corrected chi connectivity index (χ0v) is 18.1. The fourth-order valence-electron chi connectivity index (χ4n) is 3.32. The molecule has 8 heteroatoms. The van der Waals surface area contributed by atoms with Crippen molar-refractivity contribution >= 4 is 36.0 Å². The molecule has 0 saturated carbocycles. The third kappa shape index (κ3) is 7.55. The lowest BCUT2D eigenvalue weighted by molar-refractivity contribution is 0.0963. The summed E-state index contributed by atoms with van der Waals surface area (Å²) in [6.07, 6.45) is 4.15. The first-order valence-electron chi connectivity index (χ1n) is 9.19. The Morgan fingerprint density at radius 3 is 2.36 bits per heavy atom. The smallest absolute Gasteiger partial charge is 0.409 e. The van der Waals surface area contributed by atoms with Gasteiger partial charge in [-0.1, -0.05) is 0 Å². The molecular formula is C17H34IN5O2. The first kappa shape index (κ1) is 22.3. The fraction of sp³-hybridized carbons (Fsp3) is 0.882. The van der Waals surface area contributed by atoms with Crippen LogP contribution in [0.5, 0.6) is 0 Å². The first-order chi connectivity index (χ1) is 11.6. The first-order valence-corrected chi connectivity index (χ1v) is 9.19. The van der Waals surface area contributed by atoms with Gasteiger partial charge in [-0.05, 0) is 58.7 Å². The van der Waals surface area contributed by atoms with E-state index in [1.807, 2.05) is 14.0 Å². The van der Waals surface area contributed by atoms with Crippen LogP contribution in [0.25, 0.3) is 0 Å².